The van der Waals surface area contributed by atoms with Crippen LogP contribution in [-0.4, -0.2) is 4.98 Å². The molecule has 0 atom stereocenters. The molecule has 0 saturated heterocycles. The van der Waals surface area contributed by atoms with E-state index >= 15 is 0 Å². The van der Waals surface area contributed by atoms with Crippen LogP contribution >= 0.6 is 0 Å². The normalized spacial score (nSPS) is 17.3. The number of hydrogen-bond donors (Lipinski definition) is 1. The summed E-state index contributed by atoms with van der Waals surface area (Å²) < 4.78 is 0. The minimum absolute atomic E-state index is 0.757. The Morgan fingerprint density at radius 2 is 2.25 bits per heavy atom. The predicted octanol–water partition coefficient (Wildman–Crippen LogP) is 2.01. The molecule has 0 aliphatic heterocycles. The molecule has 0 spiro atoms. The van der Waals surface area contributed by atoms with Crippen molar-refractivity contribution >= 4 is 5.69 Å². The fraction of sp³-hybridized carbons (Fsp3) is 0.500. The summed E-state index contributed by atoms with van der Waals surface area (Å²) in [7, 11) is 0. The second-order valence-electron chi connectivity index (χ2n) is 3.58. The van der Waals surface area contributed by atoms with Crippen LogP contribution < -0.4 is 5.73 Å². The molecule has 1 saturated carbocycles. The van der Waals surface area contributed by atoms with Crippen molar-refractivity contribution in [3.63, 3.8) is 0 Å². The SMILES string of the molecule is Nc1ccc(CC2CCC2)nc1. The van der Waals surface area contributed by atoms with Crippen LogP contribution in [0.2, 0.25) is 0 Å². The zero-order chi connectivity index (χ0) is 8.39. The van der Waals surface area contributed by atoms with Crippen LogP contribution in [0.1, 0.15) is 25.0 Å². The Morgan fingerprint density at radius 3 is 2.75 bits per heavy atom. The van der Waals surface area contributed by atoms with E-state index in [4.69, 9.17) is 5.73 Å². The molecule has 2 N–H and O–H groups in total. The molecule has 64 valence electrons. The first-order chi connectivity index (χ1) is 5.84. The van der Waals surface area contributed by atoms with E-state index in [0.717, 1.165) is 18.0 Å². The summed E-state index contributed by atoms with van der Waals surface area (Å²) in [5.41, 5.74) is 7.49. The van der Waals surface area contributed by atoms with E-state index in [9.17, 15) is 0 Å². The molecule has 1 aromatic rings. The van der Waals surface area contributed by atoms with E-state index in [-0.39, 0.29) is 0 Å². The van der Waals surface area contributed by atoms with Crippen LogP contribution in [0.5, 0.6) is 0 Å². The van der Waals surface area contributed by atoms with Gasteiger partial charge in [0.05, 0.1) is 11.9 Å². The van der Waals surface area contributed by atoms with Crippen LogP contribution in [0.25, 0.3) is 0 Å². The second-order valence-corrected chi connectivity index (χ2v) is 3.58. The molecule has 2 rings (SSSR count). The summed E-state index contributed by atoms with van der Waals surface area (Å²) in [6.07, 6.45) is 7.05. The zero-order valence-electron chi connectivity index (χ0n) is 7.16. The third-order valence-electron chi connectivity index (χ3n) is 2.57. The van der Waals surface area contributed by atoms with Gasteiger partial charge in [-0.25, -0.2) is 0 Å². The van der Waals surface area contributed by atoms with Crippen molar-refractivity contribution in [3.8, 4) is 0 Å². The molecule has 1 aromatic heterocycles. The fourth-order valence-electron chi connectivity index (χ4n) is 1.55. The first kappa shape index (κ1) is 7.59. The third kappa shape index (κ3) is 1.58. The van der Waals surface area contributed by atoms with Gasteiger partial charge < -0.3 is 5.73 Å². The van der Waals surface area contributed by atoms with Crippen molar-refractivity contribution in [1.29, 1.82) is 0 Å². The Hall–Kier alpha value is -1.05. The van der Waals surface area contributed by atoms with E-state index < -0.39 is 0 Å². The first-order valence-corrected chi connectivity index (χ1v) is 4.55. The summed E-state index contributed by atoms with van der Waals surface area (Å²) in [4.78, 5) is 4.28. The number of anilines is 1. The number of nitrogen functional groups attached to an aromatic ring is 1. The summed E-state index contributed by atoms with van der Waals surface area (Å²) in [5, 5.41) is 0. The maximum absolute atomic E-state index is 5.54. The van der Waals surface area contributed by atoms with Crippen molar-refractivity contribution in [2.24, 2.45) is 5.92 Å². The van der Waals surface area contributed by atoms with Gasteiger partial charge in [-0.2, -0.15) is 0 Å². The largest absolute Gasteiger partial charge is 0.397 e. The van der Waals surface area contributed by atoms with Crippen molar-refractivity contribution in [3.05, 3.63) is 24.0 Å². The van der Waals surface area contributed by atoms with Crippen molar-refractivity contribution in [1.82, 2.24) is 4.98 Å². The average molecular weight is 162 g/mol. The van der Waals surface area contributed by atoms with Gasteiger partial charge in [0.25, 0.3) is 0 Å². The lowest BCUT2D eigenvalue weighted by atomic mass is 9.82. The fourth-order valence-corrected chi connectivity index (χ4v) is 1.55. The van der Waals surface area contributed by atoms with Crippen LogP contribution in [0.4, 0.5) is 5.69 Å². The minimum atomic E-state index is 0.757. The van der Waals surface area contributed by atoms with Gasteiger partial charge in [0.1, 0.15) is 0 Å². The lowest BCUT2D eigenvalue weighted by molar-refractivity contribution is 0.312. The molecule has 1 aliphatic rings. The maximum atomic E-state index is 5.54. The Kier molecular flexibility index (Phi) is 1.98. The van der Waals surface area contributed by atoms with Gasteiger partial charge in [0.2, 0.25) is 0 Å². The topological polar surface area (TPSA) is 38.9 Å². The molecule has 0 radical (unpaired) electrons. The van der Waals surface area contributed by atoms with Crippen molar-refractivity contribution in [2.75, 3.05) is 5.73 Å². The molecule has 0 amide bonds. The number of pyridine rings is 1. The van der Waals surface area contributed by atoms with Gasteiger partial charge in [-0.05, 0) is 24.5 Å². The minimum Gasteiger partial charge on any atom is -0.397 e. The van der Waals surface area contributed by atoms with Crippen LogP contribution in [0, 0.1) is 5.92 Å². The van der Waals surface area contributed by atoms with Crippen molar-refractivity contribution < 1.29 is 0 Å². The molecule has 12 heavy (non-hydrogen) atoms. The number of aromatic nitrogens is 1. The Bertz CT molecular complexity index is 249. The van der Waals surface area contributed by atoms with Gasteiger partial charge in [-0.15, -0.1) is 0 Å². The molecule has 0 unspecified atom stereocenters. The Balaban J connectivity index is 1.98. The Morgan fingerprint density at radius 1 is 1.42 bits per heavy atom. The molecule has 2 heteroatoms. The Labute approximate surface area is 72.8 Å². The predicted molar refractivity (Wildman–Crippen MR) is 49.7 cm³/mol. The highest BCUT2D eigenvalue weighted by molar-refractivity contribution is 5.34. The van der Waals surface area contributed by atoms with E-state index in [1.165, 1.54) is 25.0 Å². The molecule has 1 aliphatic carbocycles. The molecular weight excluding hydrogens is 148 g/mol. The van der Waals surface area contributed by atoms with Crippen LogP contribution in [0.15, 0.2) is 18.3 Å². The number of nitrogens with two attached hydrogens (primary N) is 1. The molecule has 1 fully saturated rings. The highest BCUT2D eigenvalue weighted by atomic mass is 14.7. The number of nitrogens with zero attached hydrogens (tertiary/aromatic N) is 1. The highest BCUT2D eigenvalue weighted by Crippen LogP contribution is 2.29. The summed E-state index contributed by atoms with van der Waals surface area (Å²) in [5.74, 6) is 0.890. The van der Waals surface area contributed by atoms with Gasteiger partial charge in [0.15, 0.2) is 0 Å². The van der Waals surface area contributed by atoms with Gasteiger partial charge in [-0.3, -0.25) is 4.98 Å². The zero-order valence-corrected chi connectivity index (χ0v) is 7.16. The summed E-state index contributed by atoms with van der Waals surface area (Å²) >= 11 is 0. The monoisotopic (exact) mass is 162 g/mol. The second kappa shape index (κ2) is 3.13. The van der Waals surface area contributed by atoms with E-state index in [0.29, 0.717) is 0 Å². The van der Waals surface area contributed by atoms with Crippen molar-refractivity contribution in [2.45, 2.75) is 25.7 Å². The van der Waals surface area contributed by atoms with Gasteiger partial charge >= 0.3 is 0 Å². The quantitative estimate of drug-likeness (QED) is 0.722. The van der Waals surface area contributed by atoms with Crippen LogP contribution in [0.3, 0.4) is 0 Å². The molecule has 0 aromatic carbocycles. The third-order valence-corrected chi connectivity index (χ3v) is 2.57. The van der Waals surface area contributed by atoms with Crippen LogP contribution in [-0.2, 0) is 6.42 Å². The molecular formula is C10H14N2. The molecule has 0 bridgehead atoms. The summed E-state index contributed by atoms with van der Waals surface area (Å²) in [6.45, 7) is 0. The number of hydrogen-bond acceptors (Lipinski definition) is 2. The highest BCUT2D eigenvalue weighted by Gasteiger charge is 2.17. The molecule has 2 nitrogen and oxygen atoms in total. The van der Waals surface area contributed by atoms with E-state index in [1.807, 2.05) is 12.1 Å². The van der Waals surface area contributed by atoms with Gasteiger partial charge in [-0.1, -0.05) is 19.3 Å². The van der Waals surface area contributed by atoms with E-state index in [2.05, 4.69) is 4.98 Å². The lowest BCUT2D eigenvalue weighted by Gasteiger charge is -2.24. The molecule has 1 heterocycles. The maximum Gasteiger partial charge on any atom is 0.0501 e. The first-order valence-electron chi connectivity index (χ1n) is 4.55. The average Bonchev–Trinajstić information content (AvgIpc) is 2.00. The van der Waals surface area contributed by atoms with Gasteiger partial charge in [0, 0.05) is 5.69 Å². The van der Waals surface area contributed by atoms with E-state index in [1.54, 1.807) is 6.20 Å². The standard InChI is InChI=1S/C10H14N2/c11-9-4-5-10(12-7-9)6-8-2-1-3-8/h4-5,7-8H,1-3,6,11H2. The smallest absolute Gasteiger partial charge is 0.0501 e. The summed E-state index contributed by atoms with van der Waals surface area (Å²) in [6, 6.07) is 3.97. The number of rotatable bonds is 2. The lowest BCUT2D eigenvalue weighted by Crippen LogP contribution is -2.14.